The summed E-state index contributed by atoms with van der Waals surface area (Å²) in [6.07, 6.45) is 2.24. The van der Waals surface area contributed by atoms with Crippen molar-refractivity contribution in [2.45, 2.75) is 25.1 Å². The second-order valence-corrected chi connectivity index (χ2v) is 11.4. The fourth-order valence-corrected chi connectivity index (χ4v) is 5.60. The summed E-state index contributed by atoms with van der Waals surface area (Å²) in [5.74, 6) is 0.441. The molecule has 2 aliphatic heterocycles. The summed E-state index contributed by atoms with van der Waals surface area (Å²) in [5, 5.41) is 13.0. The lowest BCUT2D eigenvalue weighted by atomic mass is 10.1. The SMILES string of the molecule is CS(=O)(=O)N1CCC(Nc2ncc(C(F)(F)F)c(-c3cn(-c4ccnc(N5CCOCC5)c4C#N)cn3)n2)CC1. The smallest absolute Gasteiger partial charge is 0.378 e. The Hall–Kier alpha value is -3.81. The largest absolute Gasteiger partial charge is 0.420 e. The van der Waals surface area contributed by atoms with Crippen molar-refractivity contribution in [3.8, 4) is 23.1 Å². The van der Waals surface area contributed by atoms with Gasteiger partial charge in [0.15, 0.2) is 0 Å². The van der Waals surface area contributed by atoms with Crippen LogP contribution in [0, 0.1) is 11.3 Å². The zero-order valence-electron chi connectivity index (χ0n) is 21.5. The molecule has 0 spiro atoms. The average Bonchev–Trinajstić information content (AvgIpc) is 3.42. The van der Waals surface area contributed by atoms with E-state index in [2.05, 4.69) is 31.3 Å². The first-order valence-corrected chi connectivity index (χ1v) is 14.3. The highest BCUT2D eigenvalue weighted by molar-refractivity contribution is 7.88. The molecule has 0 aliphatic carbocycles. The first-order chi connectivity index (χ1) is 19.0. The molecule has 12 nitrogen and oxygen atoms in total. The summed E-state index contributed by atoms with van der Waals surface area (Å²) in [6.45, 7) is 2.67. The molecule has 2 aliphatic rings. The van der Waals surface area contributed by atoms with Gasteiger partial charge in [-0.3, -0.25) is 0 Å². The second-order valence-electron chi connectivity index (χ2n) is 9.44. The standard InChI is InChI=1S/C24H26F3N9O3S/c1-40(37,38)36-6-3-16(4-7-36)32-23-30-13-18(24(25,26)27)21(33-23)19-14-35(15-31-19)20-2-5-29-22(17(20)12-28)34-8-10-39-11-9-34/h2,5,13-16H,3-4,6-11H2,1H3,(H,30,32,33). The van der Waals surface area contributed by atoms with Crippen molar-refractivity contribution in [3.63, 3.8) is 0 Å². The van der Waals surface area contributed by atoms with Crippen molar-refractivity contribution in [2.75, 3.05) is 55.9 Å². The van der Waals surface area contributed by atoms with E-state index in [1.807, 2.05) is 4.90 Å². The number of ether oxygens (including phenoxy) is 1. The number of sulfonamides is 1. The molecule has 3 aromatic rings. The Labute approximate surface area is 228 Å². The van der Waals surface area contributed by atoms with E-state index < -0.39 is 27.5 Å². The van der Waals surface area contributed by atoms with Crippen LogP contribution in [-0.2, 0) is 20.9 Å². The van der Waals surface area contributed by atoms with E-state index in [9.17, 15) is 26.9 Å². The molecular formula is C24H26F3N9O3S. The van der Waals surface area contributed by atoms with Crippen molar-refractivity contribution in [3.05, 3.63) is 42.1 Å². The van der Waals surface area contributed by atoms with Gasteiger partial charge in [0.1, 0.15) is 40.7 Å². The average molecular weight is 578 g/mol. The number of anilines is 2. The number of piperidine rings is 1. The fraction of sp³-hybridized carbons (Fsp3) is 0.458. The number of halogens is 3. The van der Waals surface area contributed by atoms with Crippen LogP contribution < -0.4 is 10.2 Å². The number of rotatable bonds is 6. The monoisotopic (exact) mass is 577 g/mol. The van der Waals surface area contributed by atoms with Crippen LogP contribution in [0.15, 0.2) is 31.0 Å². The maximum atomic E-state index is 13.9. The number of nitrogens with zero attached hydrogens (tertiary/aromatic N) is 8. The first kappa shape index (κ1) is 27.7. The number of nitrogens with one attached hydrogen (secondary N) is 1. The van der Waals surface area contributed by atoms with E-state index in [-0.39, 0.29) is 36.3 Å². The molecule has 3 aromatic heterocycles. The molecule has 212 valence electrons. The Morgan fingerprint density at radius 1 is 1.12 bits per heavy atom. The lowest BCUT2D eigenvalue weighted by Gasteiger charge is -2.30. The zero-order chi connectivity index (χ0) is 28.5. The first-order valence-electron chi connectivity index (χ1n) is 12.5. The van der Waals surface area contributed by atoms with Gasteiger partial charge in [0.2, 0.25) is 16.0 Å². The third kappa shape index (κ3) is 5.86. The van der Waals surface area contributed by atoms with Crippen LogP contribution in [-0.4, -0.2) is 88.9 Å². The van der Waals surface area contributed by atoms with Gasteiger partial charge in [0.05, 0.1) is 25.2 Å². The predicted molar refractivity (Wildman–Crippen MR) is 138 cm³/mol. The number of aromatic nitrogens is 5. The van der Waals surface area contributed by atoms with Crippen molar-refractivity contribution < 1.29 is 26.3 Å². The molecule has 5 rings (SSSR count). The molecule has 0 saturated carbocycles. The maximum Gasteiger partial charge on any atom is 0.420 e. The Morgan fingerprint density at radius 2 is 1.85 bits per heavy atom. The summed E-state index contributed by atoms with van der Waals surface area (Å²) in [4.78, 5) is 18.5. The molecule has 5 heterocycles. The minimum Gasteiger partial charge on any atom is -0.378 e. The molecule has 2 fully saturated rings. The number of pyridine rings is 1. The highest BCUT2D eigenvalue weighted by Gasteiger charge is 2.36. The lowest BCUT2D eigenvalue weighted by molar-refractivity contribution is -0.137. The van der Waals surface area contributed by atoms with E-state index in [0.29, 0.717) is 56.8 Å². The molecule has 1 N–H and O–H groups in total. The summed E-state index contributed by atoms with van der Waals surface area (Å²) < 4.78 is 73.5. The quantitative estimate of drug-likeness (QED) is 0.464. The second kappa shape index (κ2) is 11.0. The Morgan fingerprint density at radius 3 is 2.50 bits per heavy atom. The van der Waals surface area contributed by atoms with E-state index >= 15 is 0 Å². The van der Waals surface area contributed by atoms with Crippen LogP contribution in [0.3, 0.4) is 0 Å². The number of nitriles is 1. The van der Waals surface area contributed by atoms with E-state index in [1.54, 1.807) is 6.07 Å². The van der Waals surface area contributed by atoms with Crippen LogP contribution in [0.2, 0.25) is 0 Å². The zero-order valence-corrected chi connectivity index (χ0v) is 22.3. The van der Waals surface area contributed by atoms with E-state index in [1.165, 1.54) is 27.6 Å². The van der Waals surface area contributed by atoms with Crippen molar-refractivity contribution in [1.82, 2.24) is 28.8 Å². The third-order valence-electron chi connectivity index (χ3n) is 6.79. The van der Waals surface area contributed by atoms with Gasteiger partial charge in [0, 0.05) is 50.8 Å². The van der Waals surface area contributed by atoms with Gasteiger partial charge >= 0.3 is 6.18 Å². The normalized spacial score (nSPS) is 17.5. The summed E-state index contributed by atoms with van der Waals surface area (Å²) in [5.41, 5.74) is -0.859. The Kier molecular flexibility index (Phi) is 7.62. The molecule has 2 saturated heterocycles. The molecule has 0 radical (unpaired) electrons. The van der Waals surface area contributed by atoms with Crippen LogP contribution in [0.5, 0.6) is 0 Å². The molecule has 0 aromatic carbocycles. The summed E-state index contributed by atoms with van der Waals surface area (Å²) in [6, 6.07) is 3.54. The van der Waals surface area contributed by atoms with Gasteiger partial charge in [-0.2, -0.15) is 18.4 Å². The van der Waals surface area contributed by atoms with Crippen LogP contribution >= 0.6 is 0 Å². The molecule has 0 unspecified atom stereocenters. The molecule has 0 amide bonds. The molecule has 0 bridgehead atoms. The number of alkyl halides is 3. The minimum absolute atomic E-state index is 0.0217. The molecule has 40 heavy (non-hydrogen) atoms. The van der Waals surface area contributed by atoms with Gasteiger partial charge in [-0.15, -0.1) is 0 Å². The van der Waals surface area contributed by atoms with Crippen LogP contribution in [0.1, 0.15) is 24.0 Å². The summed E-state index contributed by atoms with van der Waals surface area (Å²) in [7, 11) is -3.32. The van der Waals surface area contributed by atoms with Gasteiger partial charge in [-0.1, -0.05) is 0 Å². The van der Waals surface area contributed by atoms with Crippen LogP contribution in [0.25, 0.3) is 17.1 Å². The maximum absolute atomic E-state index is 13.9. The van der Waals surface area contributed by atoms with Gasteiger partial charge in [-0.05, 0) is 18.9 Å². The van der Waals surface area contributed by atoms with Crippen LogP contribution in [0.4, 0.5) is 24.9 Å². The van der Waals surface area contributed by atoms with Crippen molar-refractivity contribution >= 4 is 21.8 Å². The van der Waals surface area contributed by atoms with E-state index in [0.717, 1.165) is 6.26 Å². The predicted octanol–water partition coefficient (Wildman–Crippen LogP) is 2.29. The topological polar surface area (TPSA) is 142 Å². The molecular weight excluding hydrogens is 551 g/mol. The number of hydrogen-bond donors (Lipinski definition) is 1. The highest BCUT2D eigenvalue weighted by atomic mass is 32.2. The third-order valence-corrected chi connectivity index (χ3v) is 8.09. The van der Waals surface area contributed by atoms with Crippen molar-refractivity contribution in [2.24, 2.45) is 0 Å². The van der Waals surface area contributed by atoms with Gasteiger partial charge in [0.25, 0.3) is 0 Å². The Balaban J connectivity index is 1.44. The van der Waals surface area contributed by atoms with Gasteiger partial charge < -0.3 is 19.5 Å². The highest BCUT2D eigenvalue weighted by Crippen LogP contribution is 2.36. The number of morpholine rings is 1. The minimum atomic E-state index is -4.74. The number of hydrogen-bond acceptors (Lipinski definition) is 10. The molecule has 16 heteroatoms. The van der Waals surface area contributed by atoms with Crippen molar-refractivity contribution in [1.29, 1.82) is 5.26 Å². The summed E-state index contributed by atoms with van der Waals surface area (Å²) >= 11 is 0. The Bertz CT molecular complexity index is 1520. The lowest BCUT2D eigenvalue weighted by Crippen LogP contribution is -2.42. The number of imidazole rings is 1. The van der Waals surface area contributed by atoms with Gasteiger partial charge in [-0.25, -0.2) is 32.7 Å². The molecule has 0 atom stereocenters. The van der Waals surface area contributed by atoms with E-state index in [4.69, 9.17) is 4.74 Å². The fourth-order valence-electron chi connectivity index (χ4n) is 4.72.